The number of carbonyl (C=O) groups excluding carboxylic acids is 1. The smallest absolute Gasteiger partial charge is 0.251 e. The van der Waals surface area contributed by atoms with E-state index in [1.807, 2.05) is 0 Å². The fourth-order valence-corrected chi connectivity index (χ4v) is 5.31. The van der Waals surface area contributed by atoms with Gasteiger partial charge in [0.15, 0.2) is 0 Å². The summed E-state index contributed by atoms with van der Waals surface area (Å²) in [5, 5.41) is 3.08. The Morgan fingerprint density at radius 2 is 1.74 bits per heavy atom. The molecule has 1 aliphatic carbocycles. The molecule has 148 valence electrons. The molecule has 0 spiro atoms. The molecule has 3 fully saturated rings. The number of hydrogen-bond acceptors (Lipinski definition) is 5. The second-order valence-electron chi connectivity index (χ2n) is 7.56. The summed E-state index contributed by atoms with van der Waals surface area (Å²) < 4.78 is 32.2. The standard InChI is InChI=1S/C19H27N3O4S/c23-19(20-16-6-8-21(9-7-16)17-4-5-17)15-2-1-3-18(14-15)27(24,25)22-10-12-26-13-11-22/h1-3,14,16-17H,4-13H2,(H,20,23). The van der Waals surface area contributed by atoms with Crippen LogP contribution in [0.5, 0.6) is 0 Å². The van der Waals surface area contributed by atoms with E-state index in [1.165, 1.54) is 23.2 Å². The van der Waals surface area contributed by atoms with E-state index in [0.29, 0.717) is 31.9 Å². The van der Waals surface area contributed by atoms with Gasteiger partial charge in [0.25, 0.3) is 5.91 Å². The van der Waals surface area contributed by atoms with Crippen molar-refractivity contribution >= 4 is 15.9 Å². The van der Waals surface area contributed by atoms with E-state index in [2.05, 4.69) is 10.2 Å². The second kappa shape index (κ2) is 7.87. The molecule has 1 aromatic carbocycles. The molecule has 2 heterocycles. The van der Waals surface area contributed by atoms with Crippen molar-refractivity contribution in [2.45, 2.75) is 42.7 Å². The molecule has 0 radical (unpaired) electrons. The number of likely N-dealkylation sites (tertiary alicyclic amines) is 1. The summed E-state index contributed by atoms with van der Waals surface area (Å²) in [6.45, 7) is 3.55. The third kappa shape index (κ3) is 4.34. The Bertz CT molecular complexity index is 780. The average Bonchev–Trinajstić information content (AvgIpc) is 3.55. The molecule has 2 aliphatic heterocycles. The van der Waals surface area contributed by atoms with Gasteiger partial charge in [0, 0.05) is 43.8 Å². The minimum Gasteiger partial charge on any atom is -0.379 e. The Morgan fingerprint density at radius 1 is 1.04 bits per heavy atom. The fraction of sp³-hybridized carbons (Fsp3) is 0.632. The zero-order valence-corrected chi connectivity index (χ0v) is 16.3. The molecule has 1 aromatic rings. The van der Waals surface area contributed by atoms with Gasteiger partial charge < -0.3 is 15.0 Å². The molecule has 0 aromatic heterocycles. The second-order valence-corrected chi connectivity index (χ2v) is 9.50. The number of carbonyl (C=O) groups is 1. The van der Waals surface area contributed by atoms with Crippen LogP contribution in [0.25, 0.3) is 0 Å². The maximum Gasteiger partial charge on any atom is 0.251 e. The first-order valence-corrected chi connectivity index (χ1v) is 11.2. The van der Waals surface area contributed by atoms with E-state index in [1.54, 1.807) is 18.2 Å². The van der Waals surface area contributed by atoms with E-state index in [0.717, 1.165) is 32.0 Å². The Kier molecular flexibility index (Phi) is 5.50. The molecule has 7 nitrogen and oxygen atoms in total. The Hall–Kier alpha value is -1.48. The van der Waals surface area contributed by atoms with Crippen LogP contribution >= 0.6 is 0 Å². The molecule has 8 heteroatoms. The minimum absolute atomic E-state index is 0.159. The zero-order chi connectivity index (χ0) is 18.9. The number of nitrogens with one attached hydrogen (secondary N) is 1. The topological polar surface area (TPSA) is 79.0 Å². The molecule has 0 atom stereocenters. The number of hydrogen-bond donors (Lipinski definition) is 1. The van der Waals surface area contributed by atoms with Crippen molar-refractivity contribution < 1.29 is 17.9 Å². The lowest BCUT2D eigenvalue weighted by Crippen LogP contribution is -2.45. The van der Waals surface area contributed by atoms with Crippen LogP contribution in [0.2, 0.25) is 0 Å². The molecule has 3 aliphatic rings. The van der Waals surface area contributed by atoms with Crippen LogP contribution in [0.1, 0.15) is 36.0 Å². The number of amides is 1. The van der Waals surface area contributed by atoms with Crippen LogP contribution in [-0.2, 0) is 14.8 Å². The highest BCUT2D eigenvalue weighted by molar-refractivity contribution is 7.89. The van der Waals surface area contributed by atoms with Gasteiger partial charge in [0.2, 0.25) is 10.0 Å². The molecule has 27 heavy (non-hydrogen) atoms. The maximum absolute atomic E-state index is 12.8. The van der Waals surface area contributed by atoms with Gasteiger partial charge in [0.1, 0.15) is 0 Å². The lowest BCUT2D eigenvalue weighted by Gasteiger charge is -2.32. The van der Waals surface area contributed by atoms with E-state index < -0.39 is 10.0 Å². The van der Waals surface area contributed by atoms with Crippen LogP contribution < -0.4 is 5.32 Å². The predicted octanol–water partition coefficient (Wildman–Crippen LogP) is 1.06. The van der Waals surface area contributed by atoms with Gasteiger partial charge in [-0.05, 0) is 43.9 Å². The van der Waals surface area contributed by atoms with E-state index in [9.17, 15) is 13.2 Å². The Morgan fingerprint density at radius 3 is 2.41 bits per heavy atom. The molecule has 1 N–H and O–H groups in total. The fourth-order valence-electron chi connectivity index (χ4n) is 3.85. The Labute approximate surface area is 160 Å². The largest absolute Gasteiger partial charge is 0.379 e. The van der Waals surface area contributed by atoms with E-state index >= 15 is 0 Å². The number of benzene rings is 1. The monoisotopic (exact) mass is 393 g/mol. The third-order valence-electron chi connectivity index (χ3n) is 5.63. The summed E-state index contributed by atoms with van der Waals surface area (Å²) in [4.78, 5) is 15.3. The SMILES string of the molecule is O=C(NC1CCN(C2CC2)CC1)c1cccc(S(=O)(=O)N2CCOCC2)c1. The van der Waals surface area contributed by atoms with E-state index in [4.69, 9.17) is 4.74 Å². The molecular formula is C19H27N3O4S. The van der Waals surface area contributed by atoms with Crippen LogP contribution in [0, 0.1) is 0 Å². The van der Waals surface area contributed by atoms with E-state index in [-0.39, 0.29) is 16.8 Å². The van der Waals surface area contributed by atoms with Crippen molar-refractivity contribution in [3.05, 3.63) is 29.8 Å². The van der Waals surface area contributed by atoms with Crippen LogP contribution in [0.4, 0.5) is 0 Å². The van der Waals surface area contributed by atoms with Crippen molar-refractivity contribution in [2.75, 3.05) is 39.4 Å². The first-order valence-electron chi connectivity index (χ1n) is 9.77. The summed E-state index contributed by atoms with van der Waals surface area (Å²) in [5.41, 5.74) is 0.397. The average molecular weight is 394 g/mol. The van der Waals surface area contributed by atoms with Gasteiger partial charge in [-0.3, -0.25) is 4.79 Å². The van der Waals surface area contributed by atoms with Gasteiger partial charge in [-0.15, -0.1) is 0 Å². The van der Waals surface area contributed by atoms with Gasteiger partial charge >= 0.3 is 0 Å². The van der Waals surface area contributed by atoms with Gasteiger partial charge in [-0.25, -0.2) is 8.42 Å². The number of ether oxygens (including phenoxy) is 1. The lowest BCUT2D eigenvalue weighted by atomic mass is 10.0. The molecule has 1 saturated carbocycles. The summed E-state index contributed by atoms with van der Waals surface area (Å²) in [6, 6.07) is 7.27. The minimum atomic E-state index is -3.59. The molecule has 2 saturated heterocycles. The van der Waals surface area contributed by atoms with Gasteiger partial charge in [-0.1, -0.05) is 6.07 Å². The van der Waals surface area contributed by atoms with Crippen LogP contribution in [0.15, 0.2) is 29.2 Å². The highest BCUT2D eigenvalue weighted by Crippen LogP contribution is 2.29. The van der Waals surface area contributed by atoms with Crippen LogP contribution in [0.3, 0.4) is 0 Å². The van der Waals surface area contributed by atoms with Crippen molar-refractivity contribution in [3.63, 3.8) is 0 Å². The quantitative estimate of drug-likeness (QED) is 0.809. The van der Waals surface area contributed by atoms with Crippen LogP contribution in [-0.4, -0.2) is 75.0 Å². The normalized spacial score (nSPS) is 23.3. The molecule has 0 unspecified atom stereocenters. The summed E-state index contributed by atoms with van der Waals surface area (Å²) in [7, 11) is -3.59. The number of nitrogens with zero attached hydrogens (tertiary/aromatic N) is 2. The summed E-state index contributed by atoms with van der Waals surface area (Å²) in [5.74, 6) is -0.195. The molecule has 1 amide bonds. The first kappa shape index (κ1) is 18.9. The van der Waals surface area contributed by atoms with Crippen molar-refractivity contribution in [3.8, 4) is 0 Å². The third-order valence-corrected chi connectivity index (χ3v) is 7.53. The van der Waals surface area contributed by atoms with Crippen molar-refractivity contribution in [1.82, 2.24) is 14.5 Å². The Balaban J connectivity index is 1.40. The zero-order valence-electron chi connectivity index (χ0n) is 15.5. The summed E-state index contributed by atoms with van der Waals surface area (Å²) >= 11 is 0. The number of morpholine rings is 1. The highest BCUT2D eigenvalue weighted by atomic mass is 32.2. The molecule has 4 rings (SSSR count). The van der Waals surface area contributed by atoms with Gasteiger partial charge in [0.05, 0.1) is 18.1 Å². The van der Waals surface area contributed by atoms with Crippen molar-refractivity contribution in [1.29, 1.82) is 0 Å². The predicted molar refractivity (Wildman–Crippen MR) is 101 cm³/mol. The number of rotatable bonds is 5. The maximum atomic E-state index is 12.8. The number of piperidine rings is 1. The molecular weight excluding hydrogens is 366 g/mol. The lowest BCUT2D eigenvalue weighted by molar-refractivity contribution is 0.0730. The first-order chi connectivity index (χ1) is 13.0. The summed E-state index contributed by atoms with van der Waals surface area (Å²) in [6.07, 6.45) is 4.52. The highest BCUT2D eigenvalue weighted by Gasteiger charge is 2.32. The van der Waals surface area contributed by atoms with Gasteiger partial charge in [-0.2, -0.15) is 4.31 Å². The number of sulfonamides is 1. The molecule has 0 bridgehead atoms. The van der Waals surface area contributed by atoms with Crippen molar-refractivity contribution in [2.24, 2.45) is 0 Å².